The number of aromatic nitrogens is 1. The lowest BCUT2D eigenvalue weighted by Gasteiger charge is -2.22. The van der Waals surface area contributed by atoms with Crippen molar-refractivity contribution in [2.75, 3.05) is 4.90 Å². The molecule has 1 aromatic heterocycles. The van der Waals surface area contributed by atoms with Gasteiger partial charge in [0.15, 0.2) is 0 Å². The lowest BCUT2D eigenvalue weighted by Crippen LogP contribution is -2.33. The quantitative estimate of drug-likeness (QED) is 0.269. The Bertz CT molecular complexity index is 1520. The van der Waals surface area contributed by atoms with E-state index in [-0.39, 0.29) is 0 Å². The van der Waals surface area contributed by atoms with E-state index in [1.165, 1.54) is 0 Å². The second kappa shape index (κ2) is 11.2. The summed E-state index contributed by atoms with van der Waals surface area (Å²) in [6, 6.07) is 35.7. The van der Waals surface area contributed by atoms with Gasteiger partial charge in [0.2, 0.25) is 5.91 Å². The topological polar surface area (TPSA) is 85.5 Å². The number of nitrogens with two attached hydrogens (primary N) is 1. The first-order valence-electron chi connectivity index (χ1n) is 12.1. The lowest BCUT2D eigenvalue weighted by molar-refractivity contribution is 0.1000. The molecule has 5 rings (SSSR count). The Morgan fingerprint density at radius 3 is 1.76 bits per heavy atom. The highest BCUT2D eigenvalue weighted by atomic mass is 16.6. The van der Waals surface area contributed by atoms with Gasteiger partial charge in [0, 0.05) is 23.6 Å². The zero-order valence-corrected chi connectivity index (χ0v) is 20.5. The molecular weight excluding hydrogens is 474 g/mol. The van der Waals surface area contributed by atoms with Crippen LogP contribution < -0.4 is 15.4 Å². The Kier molecular flexibility index (Phi) is 7.23. The maximum atomic E-state index is 13.3. The van der Waals surface area contributed by atoms with E-state index >= 15 is 0 Å². The van der Waals surface area contributed by atoms with Gasteiger partial charge in [0.1, 0.15) is 5.75 Å². The van der Waals surface area contributed by atoms with Gasteiger partial charge in [-0.3, -0.25) is 14.7 Å². The van der Waals surface area contributed by atoms with Crippen molar-refractivity contribution in [3.05, 3.63) is 139 Å². The molecule has 0 aliphatic rings. The molecule has 0 saturated heterocycles. The van der Waals surface area contributed by atoms with Crippen molar-refractivity contribution >= 4 is 17.7 Å². The van der Waals surface area contributed by atoms with Crippen LogP contribution in [0.5, 0.6) is 5.75 Å². The van der Waals surface area contributed by atoms with Crippen molar-refractivity contribution in [3.63, 3.8) is 0 Å². The van der Waals surface area contributed by atoms with E-state index in [1.54, 1.807) is 41.6 Å². The van der Waals surface area contributed by atoms with Crippen LogP contribution in [0.4, 0.5) is 10.5 Å². The molecule has 0 aliphatic carbocycles. The Hall–Kier alpha value is -5.23. The van der Waals surface area contributed by atoms with E-state index in [2.05, 4.69) is 4.98 Å². The Labute approximate surface area is 221 Å². The van der Waals surface area contributed by atoms with Crippen molar-refractivity contribution in [2.45, 2.75) is 6.54 Å². The van der Waals surface area contributed by atoms with Gasteiger partial charge in [0.25, 0.3) is 0 Å². The number of carbonyl (C=O) groups excluding carboxylic acids is 2. The van der Waals surface area contributed by atoms with E-state index in [1.807, 2.05) is 91.0 Å². The molecular formula is C32H25N3O3. The summed E-state index contributed by atoms with van der Waals surface area (Å²) in [5.74, 6) is -0.0343. The molecule has 0 unspecified atom stereocenters. The first-order chi connectivity index (χ1) is 18.6. The minimum absolute atomic E-state index is 0.351. The number of ether oxygens (including phenoxy) is 1. The van der Waals surface area contributed by atoms with Crippen LogP contribution in [0.15, 0.2) is 128 Å². The van der Waals surface area contributed by atoms with E-state index in [9.17, 15) is 9.59 Å². The molecule has 38 heavy (non-hydrogen) atoms. The van der Waals surface area contributed by atoms with E-state index in [0.29, 0.717) is 17.9 Å². The molecule has 1 heterocycles. The van der Waals surface area contributed by atoms with Gasteiger partial charge in [-0.2, -0.15) is 0 Å². The summed E-state index contributed by atoms with van der Waals surface area (Å²) in [5.41, 5.74) is 11.5. The summed E-state index contributed by atoms with van der Waals surface area (Å²) < 4.78 is 5.76. The number of hydrogen-bond donors (Lipinski definition) is 1. The van der Waals surface area contributed by atoms with Crippen molar-refractivity contribution in [2.24, 2.45) is 5.73 Å². The van der Waals surface area contributed by atoms with Crippen LogP contribution in [0, 0.1) is 0 Å². The van der Waals surface area contributed by atoms with Crippen molar-refractivity contribution in [3.8, 4) is 28.0 Å². The highest BCUT2D eigenvalue weighted by molar-refractivity contribution is 5.93. The summed E-state index contributed by atoms with van der Waals surface area (Å²) >= 11 is 0. The molecule has 5 aromatic rings. The van der Waals surface area contributed by atoms with Gasteiger partial charge in [-0.05, 0) is 76.3 Å². The fraction of sp³-hybridized carbons (Fsp3) is 0.0312. The molecule has 2 N–H and O–H groups in total. The summed E-state index contributed by atoms with van der Waals surface area (Å²) in [6.07, 6.45) is 3.05. The number of nitrogens with zero attached hydrogens (tertiary/aromatic N) is 2. The molecule has 0 fully saturated rings. The molecule has 2 amide bonds. The van der Waals surface area contributed by atoms with Gasteiger partial charge in [-0.25, -0.2) is 4.79 Å². The minimum atomic E-state index is -0.479. The Balaban J connectivity index is 1.32. The third-order valence-corrected chi connectivity index (χ3v) is 6.16. The fourth-order valence-electron chi connectivity index (χ4n) is 4.10. The van der Waals surface area contributed by atoms with Crippen LogP contribution in [-0.4, -0.2) is 17.0 Å². The number of pyridine rings is 1. The van der Waals surface area contributed by atoms with Crippen LogP contribution in [0.1, 0.15) is 15.9 Å². The predicted molar refractivity (Wildman–Crippen MR) is 149 cm³/mol. The number of anilines is 1. The number of hydrogen-bond acceptors (Lipinski definition) is 4. The number of rotatable bonds is 7. The zero-order valence-electron chi connectivity index (χ0n) is 20.5. The molecule has 0 atom stereocenters. The molecule has 6 nitrogen and oxygen atoms in total. The number of primary amides is 1. The highest BCUT2D eigenvalue weighted by Crippen LogP contribution is 2.25. The van der Waals surface area contributed by atoms with Crippen molar-refractivity contribution in [1.82, 2.24) is 4.98 Å². The van der Waals surface area contributed by atoms with E-state index < -0.39 is 12.0 Å². The molecule has 0 spiro atoms. The number of para-hydroxylation sites is 1. The molecule has 6 heteroatoms. The Morgan fingerprint density at radius 2 is 1.18 bits per heavy atom. The second-order valence-electron chi connectivity index (χ2n) is 8.69. The van der Waals surface area contributed by atoms with Crippen LogP contribution in [-0.2, 0) is 6.54 Å². The average Bonchev–Trinajstić information content (AvgIpc) is 2.97. The van der Waals surface area contributed by atoms with E-state index in [4.69, 9.17) is 10.5 Å². The first-order valence-corrected chi connectivity index (χ1v) is 12.1. The monoisotopic (exact) mass is 499 g/mol. The minimum Gasteiger partial charge on any atom is -0.410 e. The maximum absolute atomic E-state index is 13.3. The number of amides is 2. The van der Waals surface area contributed by atoms with Crippen molar-refractivity contribution in [1.29, 1.82) is 0 Å². The normalized spacial score (nSPS) is 10.5. The Morgan fingerprint density at radius 1 is 0.658 bits per heavy atom. The summed E-state index contributed by atoms with van der Waals surface area (Å²) in [4.78, 5) is 30.3. The summed E-state index contributed by atoms with van der Waals surface area (Å²) in [7, 11) is 0. The van der Waals surface area contributed by atoms with Gasteiger partial charge in [-0.15, -0.1) is 0 Å². The second-order valence-corrected chi connectivity index (χ2v) is 8.69. The van der Waals surface area contributed by atoms with Gasteiger partial charge >= 0.3 is 6.09 Å². The number of carbonyl (C=O) groups is 2. The van der Waals surface area contributed by atoms with Crippen LogP contribution in [0.25, 0.3) is 22.3 Å². The van der Waals surface area contributed by atoms with Gasteiger partial charge in [0.05, 0.1) is 6.54 Å². The maximum Gasteiger partial charge on any atom is 0.420 e. The first kappa shape index (κ1) is 24.5. The smallest absolute Gasteiger partial charge is 0.410 e. The van der Waals surface area contributed by atoms with Crippen LogP contribution in [0.2, 0.25) is 0 Å². The molecule has 0 aliphatic heterocycles. The van der Waals surface area contributed by atoms with Crippen molar-refractivity contribution < 1.29 is 14.3 Å². The summed E-state index contributed by atoms with van der Waals surface area (Å²) in [5, 5.41) is 0. The van der Waals surface area contributed by atoms with Crippen LogP contribution >= 0.6 is 0 Å². The molecule has 4 aromatic carbocycles. The van der Waals surface area contributed by atoms with Gasteiger partial charge in [-0.1, -0.05) is 66.7 Å². The highest BCUT2D eigenvalue weighted by Gasteiger charge is 2.19. The molecule has 0 saturated carbocycles. The third kappa shape index (κ3) is 5.77. The lowest BCUT2D eigenvalue weighted by atomic mass is 10.0. The van der Waals surface area contributed by atoms with Crippen LogP contribution in [0.3, 0.4) is 0 Å². The van der Waals surface area contributed by atoms with E-state index in [0.717, 1.165) is 33.5 Å². The average molecular weight is 500 g/mol. The zero-order chi connectivity index (χ0) is 26.3. The van der Waals surface area contributed by atoms with Gasteiger partial charge < -0.3 is 10.5 Å². The molecule has 0 radical (unpaired) electrons. The predicted octanol–water partition coefficient (Wildman–Crippen LogP) is 6.72. The summed E-state index contributed by atoms with van der Waals surface area (Å²) in [6.45, 7) is 0.351. The SMILES string of the molecule is NC(=O)c1ccc(-c2ccc(OC(=O)N(Cc3ccc(-c4ccncc4)cc3)c3ccccc3)cc2)cc1. The molecule has 186 valence electrons. The molecule has 0 bridgehead atoms. The number of benzene rings is 4. The standard InChI is InChI=1S/C32H25N3O3/c33-31(36)28-12-10-25(11-13-28)26-14-16-30(17-15-26)38-32(37)35(29-4-2-1-3-5-29)22-23-6-8-24(9-7-23)27-18-20-34-21-19-27/h1-21H,22H2,(H2,33,36). The largest absolute Gasteiger partial charge is 0.420 e. The third-order valence-electron chi connectivity index (χ3n) is 6.16. The fourth-order valence-corrected chi connectivity index (χ4v) is 4.10.